The van der Waals surface area contributed by atoms with Crippen LogP contribution in [0.2, 0.25) is 0 Å². The van der Waals surface area contributed by atoms with Crippen molar-refractivity contribution in [1.29, 1.82) is 5.26 Å². The highest BCUT2D eigenvalue weighted by atomic mass is 14.9. The molecular weight excluding hydrogens is 328 g/mol. The number of aromatic nitrogens is 1. The summed E-state index contributed by atoms with van der Waals surface area (Å²) in [5.74, 6) is 0. The zero-order chi connectivity index (χ0) is 19.2. The lowest BCUT2D eigenvalue weighted by Gasteiger charge is -2.17. The molecular formula is C25H23N2+. The van der Waals surface area contributed by atoms with E-state index in [1.807, 2.05) is 13.8 Å². The number of nitriles is 1. The van der Waals surface area contributed by atoms with E-state index < -0.39 is 5.41 Å². The first-order valence-corrected chi connectivity index (χ1v) is 9.24. The summed E-state index contributed by atoms with van der Waals surface area (Å²) < 4.78 is 2.19. The number of aryl methyl sites for hydroxylation is 2. The number of benzene rings is 3. The first kappa shape index (κ1) is 17.2. The lowest BCUT2D eigenvalue weighted by Crippen LogP contribution is -2.30. The topological polar surface area (TPSA) is 27.7 Å². The molecule has 0 spiro atoms. The highest BCUT2D eigenvalue weighted by Crippen LogP contribution is 2.33. The number of hydrogen-bond acceptors (Lipinski definition) is 1. The highest BCUT2D eigenvalue weighted by molar-refractivity contribution is 5.97. The van der Waals surface area contributed by atoms with Crippen molar-refractivity contribution < 1.29 is 4.57 Å². The molecule has 0 saturated heterocycles. The minimum absolute atomic E-state index is 0.495. The Balaban J connectivity index is 2.01. The molecule has 0 radical (unpaired) electrons. The van der Waals surface area contributed by atoms with Crippen LogP contribution in [0.1, 0.15) is 25.0 Å². The van der Waals surface area contributed by atoms with Gasteiger partial charge in [0.1, 0.15) is 7.05 Å². The molecule has 0 saturated carbocycles. The van der Waals surface area contributed by atoms with Gasteiger partial charge in [0.15, 0.2) is 6.20 Å². The Morgan fingerprint density at radius 3 is 2.30 bits per heavy atom. The smallest absolute Gasteiger partial charge is 0.200 e. The maximum atomic E-state index is 9.48. The summed E-state index contributed by atoms with van der Waals surface area (Å²) in [7, 11) is 2.09. The van der Waals surface area contributed by atoms with Crippen molar-refractivity contribution in [1.82, 2.24) is 0 Å². The largest absolute Gasteiger partial charge is 0.220 e. The van der Waals surface area contributed by atoms with Crippen molar-refractivity contribution in [2.75, 3.05) is 0 Å². The molecule has 0 amide bonds. The number of pyridine rings is 1. The molecule has 4 aromatic rings. The summed E-state index contributed by atoms with van der Waals surface area (Å²) in [5.41, 5.74) is 4.27. The third-order valence-electron chi connectivity index (χ3n) is 5.49. The summed E-state index contributed by atoms with van der Waals surface area (Å²) in [6.45, 7) is 6.10. The van der Waals surface area contributed by atoms with Gasteiger partial charge in [0.25, 0.3) is 0 Å². The Bertz CT molecular complexity index is 1230. The average Bonchev–Trinajstić information content (AvgIpc) is 2.67. The summed E-state index contributed by atoms with van der Waals surface area (Å²) in [4.78, 5) is 0. The van der Waals surface area contributed by atoms with Crippen LogP contribution in [-0.4, -0.2) is 0 Å². The van der Waals surface area contributed by atoms with E-state index in [1.165, 1.54) is 33.0 Å². The second kappa shape index (κ2) is 6.21. The van der Waals surface area contributed by atoms with Crippen molar-refractivity contribution >= 4 is 21.5 Å². The molecule has 0 aliphatic rings. The molecule has 0 atom stereocenters. The van der Waals surface area contributed by atoms with Gasteiger partial charge < -0.3 is 0 Å². The molecule has 4 rings (SSSR count). The molecule has 0 fully saturated rings. The Hall–Kier alpha value is -3.18. The Morgan fingerprint density at radius 1 is 0.889 bits per heavy atom. The lowest BCUT2D eigenvalue weighted by atomic mass is 9.85. The van der Waals surface area contributed by atoms with Crippen molar-refractivity contribution in [2.24, 2.45) is 7.05 Å². The molecule has 1 aromatic heterocycles. The van der Waals surface area contributed by atoms with Crippen LogP contribution in [0.25, 0.3) is 32.8 Å². The molecule has 0 aliphatic carbocycles. The third kappa shape index (κ3) is 2.86. The minimum atomic E-state index is -0.495. The molecule has 1 heterocycles. The molecule has 0 N–H and O–H groups in total. The van der Waals surface area contributed by atoms with Crippen LogP contribution < -0.4 is 4.57 Å². The van der Waals surface area contributed by atoms with Crippen LogP contribution in [0.15, 0.2) is 66.9 Å². The standard InChI is InChI=1S/C25H23N2/c1-17-13-18-7-5-6-8-19(18)15-23(17)24-22-10-9-21(25(2,3)16-26)14-20(22)11-12-27(24)4/h5-15H,1-4H3/q+1. The predicted molar refractivity (Wildman–Crippen MR) is 111 cm³/mol. The van der Waals surface area contributed by atoms with E-state index in [4.69, 9.17) is 0 Å². The minimum Gasteiger partial charge on any atom is -0.200 e. The molecule has 2 heteroatoms. The van der Waals surface area contributed by atoms with E-state index in [2.05, 4.69) is 91.5 Å². The second-order valence-corrected chi connectivity index (χ2v) is 7.83. The van der Waals surface area contributed by atoms with Gasteiger partial charge in [-0.15, -0.1) is 0 Å². The maximum Gasteiger partial charge on any atom is 0.220 e. The zero-order valence-electron chi connectivity index (χ0n) is 16.2. The maximum absolute atomic E-state index is 9.48. The van der Waals surface area contributed by atoms with Crippen molar-refractivity contribution in [2.45, 2.75) is 26.2 Å². The number of rotatable bonds is 2. The van der Waals surface area contributed by atoms with E-state index in [0.29, 0.717) is 0 Å². The van der Waals surface area contributed by atoms with Crippen LogP contribution in [0.5, 0.6) is 0 Å². The van der Waals surface area contributed by atoms with Gasteiger partial charge in [0.05, 0.1) is 22.4 Å². The molecule has 0 bridgehead atoms. The first-order valence-electron chi connectivity index (χ1n) is 9.24. The summed E-state index contributed by atoms with van der Waals surface area (Å²) in [6, 6.07) is 24.0. The molecule has 27 heavy (non-hydrogen) atoms. The van der Waals surface area contributed by atoms with Crippen LogP contribution in [0, 0.1) is 18.3 Å². The highest BCUT2D eigenvalue weighted by Gasteiger charge is 2.22. The second-order valence-electron chi connectivity index (χ2n) is 7.83. The quantitative estimate of drug-likeness (QED) is 0.432. The van der Waals surface area contributed by atoms with Gasteiger partial charge in [0.2, 0.25) is 5.69 Å². The summed E-state index contributed by atoms with van der Waals surface area (Å²) in [6.07, 6.45) is 2.11. The average molecular weight is 351 g/mol. The third-order valence-corrected chi connectivity index (χ3v) is 5.49. The zero-order valence-corrected chi connectivity index (χ0v) is 16.2. The molecule has 3 aromatic carbocycles. The van der Waals surface area contributed by atoms with Crippen molar-refractivity contribution in [3.05, 3.63) is 78.0 Å². The van der Waals surface area contributed by atoms with E-state index >= 15 is 0 Å². The number of nitrogens with zero attached hydrogens (tertiary/aromatic N) is 2. The lowest BCUT2D eigenvalue weighted by molar-refractivity contribution is -0.659. The molecule has 0 unspecified atom stereocenters. The number of hydrogen-bond donors (Lipinski definition) is 0. The van der Waals surface area contributed by atoms with E-state index in [-0.39, 0.29) is 0 Å². The SMILES string of the molecule is Cc1cc2ccccc2cc1-c1c2ccc(C(C)(C)C#N)cc2cc[n+]1C. The van der Waals surface area contributed by atoms with Crippen LogP contribution in [0.3, 0.4) is 0 Å². The van der Waals surface area contributed by atoms with Gasteiger partial charge in [-0.05, 0) is 66.3 Å². The fourth-order valence-electron chi connectivity index (χ4n) is 3.77. The van der Waals surface area contributed by atoms with Gasteiger partial charge in [-0.25, -0.2) is 4.57 Å². The monoisotopic (exact) mass is 351 g/mol. The predicted octanol–water partition coefficient (Wildman–Crippen LogP) is 5.59. The fraction of sp³-hybridized carbons (Fsp3) is 0.200. The molecule has 132 valence electrons. The van der Waals surface area contributed by atoms with Crippen LogP contribution in [-0.2, 0) is 12.5 Å². The molecule has 2 nitrogen and oxygen atoms in total. The Kier molecular flexibility index (Phi) is 3.97. The van der Waals surface area contributed by atoms with Crippen LogP contribution in [0.4, 0.5) is 0 Å². The first-order chi connectivity index (χ1) is 12.9. The van der Waals surface area contributed by atoms with Gasteiger partial charge in [0, 0.05) is 6.07 Å². The Morgan fingerprint density at radius 2 is 1.59 bits per heavy atom. The van der Waals surface area contributed by atoms with Gasteiger partial charge in [-0.2, -0.15) is 5.26 Å². The molecule has 0 aliphatic heterocycles. The van der Waals surface area contributed by atoms with Gasteiger partial charge >= 0.3 is 0 Å². The van der Waals surface area contributed by atoms with E-state index in [9.17, 15) is 5.26 Å². The van der Waals surface area contributed by atoms with E-state index in [1.54, 1.807) is 0 Å². The number of fused-ring (bicyclic) bond motifs is 2. The van der Waals surface area contributed by atoms with E-state index in [0.717, 1.165) is 10.9 Å². The fourth-order valence-corrected chi connectivity index (χ4v) is 3.77. The van der Waals surface area contributed by atoms with Crippen LogP contribution >= 0.6 is 0 Å². The summed E-state index contributed by atoms with van der Waals surface area (Å²) >= 11 is 0. The summed E-state index contributed by atoms with van der Waals surface area (Å²) in [5, 5.41) is 14.4. The Labute approximate surface area is 160 Å². The van der Waals surface area contributed by atoms with Crippen molar-refractivity contribution in [3.63, 3.8) is 0 Å². The normalized spacial score (nSPS) is 11.7. The van der Waals surface area contributed by atoms with Crippen molar-refractivity contribution in [3.8, 4) is 17.3 Å². The van der Waals surface area contributed by atoms with Gasteiger partial charge in [-0.1, -0.05) is 36.4 Å². The van der Waals surface area contributed by atoms with Gasteiger partial charge in [-0.3, -0.25) is 0 Å².